The molecule has 2 aliphatic heterocycles. The number of hydrogen-bond donors (Lipinski definition) is 0. The number of aliphatic imine (C=N–C) groups is 1. The highest BCUT2D eigenvalue weighted by Crippen LogP contribution is 2.33. The second-order valence-electron chi connectivity index (χ2n) is 9.42. The zero-order chi connectivity index (χ0) is 25.1. The van der Waals surface area contributed by atoms with Crippen LogP contribution in [0.3, 0.4) is 0 Å². The summed E-state index contributed by atoms with van der Waals surface area (Å²) < 4.78 is 28.3. The summed E-state index contributed by atoms with van der Waals surface area (Å²) in [5, 5.41) is 4.24. The average Bonchev–Trinajstić information content (AvgIpc) is 3.38. The van der Waals surface area contributed by atoms with E-state index in [1.165, 1.54) is 18.2 Å². The minimum Gasteiger partial charge on any atom is -0.393 e. The van der Waals surface area contributed by atoms with Crippen LogP contribution >= 0.6 is 0 Å². The summed E-state index contributed by atoms with van der Waals surface area (Å²) in [6, 6.07) is 11.9. The van der Waals surface area contributed by atoms with Crippen LogP contribution in [-0.2, 0) is 4.84 Å². The summed E-state index contributed by atoms with van der Waals surface area (Å²) >= 11 is 0. The number of halogens is 2. The van der Waals surface area contributed by atoms with Gasteiger partial charge in [-0.3, -0.25) is 4.99 Å². The van der Waals surface area contributed by atoms with Gasteiger partial charge in [0.1, 0.15) is 17.7 Å². The Hall–Kier alpha value is -3.68. The molecule has 186 valence electrons. The Morgan fingerprint density at radius 1 is 0.917 bits per heavy atom. The van der Waals surface area contributed by atoms with Crippen molar-refractivity contribution in [2.75, 3.05) is 18.0 Å². The Balaban J connectivity index is 1.23. The van der Waals surface area contributed by atoms with E-state index in [1.54, 1.807) is 0 Å². The first kappa shape index (κ1) is 24.0. The van der Waals surface area contributed by atoms with Crippen LogP contribution in [-0.4, -0.2) is 40.6 Å². The predicted molar refractivity (Wildman–Crippen MR) is 137 cm³/mol. The molecule has 2 aliphatic rings. The van der Waals surface area contributed by atoms with Crippen molar-refractivity contribution in [3.8, 4) is 11.1 Å². The molecule has 8 heteroatoms. The Labute approximate surface area is 209 Å². The molecule has 5 rings (SSSR count). The number of aromatic nitrogens is 2. The Bertz CT molecular complexity index is 1240. The van der Waals surface area contributed by atoms with Crippen LogP contribution in [0.25, 0.3) is 11.1 Å². The fraction of sp³-hybridized carbons (Fsp3) is 0.357. The number of oxime groups is 1. The first-order valence-corrected chi connectivity index (χ1v) is 12.4. The number of nitrogens with zero attached hydrogens (tertiary/aromatic N) is 5. The molecule has 3 aromatic rings. The van der Waals surface area contributed by atoms with Crippen molar-refractivity contribution < 1.29 is 13.6 Å². The molecule has 6 nitrogen and oxygen atoms in total. The van der Waals surface area contributed by atoms with E-state index in [-0.39, 0.29) is 17.7 Å². The van der Waals surface area contributed by atoms with Gasteiger partial charge >= 0.3 is 0 Å². The zero-order valence-corrected chi connectivity index (χ0v) is 20.5. The highest BCUT2D eigenvalue weighted by molar-refractivity contribution is 6.02. The summed E-state index contributed by atoms with van der Waals surface area (Å²) in [6.07, 6.45) is 6.74. The number of rotatable bonds is 6. The molecule has 1 unspecified atom stereocenters. The molecule has 36 heavy (non-hydrogen) atoms. The van der Waals surface area contributed by atoms with Gasteiger partial charge in [-0.15, -0.1) is 0 Å². The maximum Gasteiger partial charge on any atom is 0.225 e. The van der Waals surface area contributed by atoms with E-state index in [0.29, 0.717) is 18.1 Å². The fourth-order valence-electron chi connectivity index (χ4n) is 4.56. The SMILES string of the molecule is CC(C)ON=C1CCN(c2ncc(-c3ccc(C4CCC(c5c(F)cccc5F)=N4)cc3)cn2)CC1. The van der Waals surface area contributed by atoms with Crippen molar-refractivity contribution in [3.63, 3.8) is 0 Å². The zero-order valence-electron chi connectivity index (χ0n) is 20.5. The lowest BCUT2D eigenvalue weighted by atomic mass is 10.0. The first-order chi connectivity index (χ1) is 17.5. The van der Waals surface area contributed by atoms with Crippen LogP contribution < -0.4 is 4.90 Å². The van der Waals surface area contributed by atoms with E-state index in [0.717, 1.165) is 54.8 Å². The van der Waals surface area contributed by atoms with Crippen LogP contribution in [0.1, 0.15) is 56.7 Å². The molecule has 3 heterocycles. The standard InChI is InChI=1S/C28H29F2N5O/c1-18(2)36-34-22-12-14-35(15-13-22)28-31-16-21(17-32-28)19-6-8-20(9-7-19)25-10-11-26(33-25)27-23(29)4-3-5-24(27)30/h3-9,16-18,25H,10-15H2,1-2H3. The van der Waals surface area contributed by atoms with E-state index in [2.05, 4.69) is 25.0 Å². The van der Waals surface area contributed by atoms with Crippen molar-refractivity contribution in [2.24, 2.45) is 10.1 Å². The van der Waals surface area contributed by atoms with Crippen LogP contribution in [0.5, 0.6) is 0 Å². The van der Waals surface area contributed by atoms with E-state index < -0.39 is 11.6 Å². The fourth-order valence-corrected chi connectivity index (χ4v) is 4.56. The van der Waals surface area contributed by atoms with Gasteiger partial charge in [0.25, 0.3) is 0 Å². The maximum atomic E-state index is 14.1. The summed E-state index contributed by atoms with van der Waals surface area (Å²) in [5.74, 6) is -0.412. The average molecular weight is 490 g/mol. The lowest BCUT2D eigenvalue weighted by Gasteiger charge is -2.27. The van der Waals surface area contributed by atoms with Crippen LogP contribution in [0.2, 0.25) is 0 Å². The van der Waals surface area contributed by atoms with Crippen LogP contribution in [0, 0.1) is 11.6 Å². The van der Waals surface area contributed by atoms with Crippen molar-refractivity contribution >= 4 is 17.4 Å². The number of hydrogen-bond acceptors (Lipinski definition) is 6. The number of anilines is 1. The topological polar surface area (TPSA) is 63.0 Å². The maximum absolute atomic E-state index is 14.1. The molecule has 1 saturated heterocycles. The van der Waals surface area contributed by atoms with Crippen molar-refractivity contribution in [1.29, 1.82) is 0 Å². The van der Waals surface area contributed by atoms with Crippen LogP contribution in [0.4, 0.5) is 14.7 Å². The Morgan fingerprint density at radius 2 is 1.58 bits per heavy atom. The minimum absolute atomic E-state index is 0.00466. The van der Waals surface area contributed by atoms with E-state index in [4.69, 9.17) is 4.84 Å². The lowest BCUT2D eigenvalue weighted by molar-refractivity contribution is 0.0848. The molecule has 0 bridgehead atoms. The van der Waals surface area contributed by atoms with Gasteiger partial charge in [-0.2, -0.15) is 0 Å². The van der Waals surface area contributed by atoms with Crippen molar-refractivity contribution in [2.45, 2.75) is 51.7 Å². The van der Waals surface area contributed by atoms with Gasteiger partial charge in [-0.1, -0.05) is 35.5 Å². The molecular weight excluding hydrogens is 460 g/mol. The Morgan fingerprint density at radius 3 is 2.22 bits per heavy atom. The quantitative estimate of drug-likeness (QED) is 0.391. The lowest BCUT2D eigenvalue weighted by Crippen LogP contribution is -2.35. The third-order valence-electron chi connectivity index (χ3n) is 6.50. The first-order valence-electron chi connectivity index (χ1n) is 12.4. The molecule has 0 amide bonds. The summed E-state index contributed by atoms with van der Waals surface area (Å²) in [5.41, 5.74) is 4.53. The van der Waals surface area contributed by atoms with Gasteiger partial charge in [0, 0.05) is 49.6 Å². The highest BCUT2D eigenvalue weighted by atomic mass is 19.1. The number of benzene rings is 2. The molecular formula is C28H29F2N5O. The third-order valence-corrected chi connectivity index (χ3v) is 6.50. The molecule has 1 atom stereocenters. The molecule has 2 aromatic carbocycles. The normalized spacial score (nSPS) is 17.9. The Kier molecular flexibility index (Phi) is 7.02. The van der Waals surface area contributed by atoms with E-state index in [1.807, 2.05) is 50.5 Å². The van der Waals surface area contributed by atoms with Gasteiger partial charge in [0.15, 0.2) is 0 Å². The second-order valence-corrected chi connectivity index (χ2v) is 9.42. The number of piperidine rings is 1. The monoisotopic (exact) mass is 489 g/mol. The van der Waals surface area contributed by atoms with Gasteiger partial charge in [0.05, 0.1) is 17.3 Å². The molecule has 0 spiro atoms. The summed E-state index contributed by atoms with van der Waals surface area (Å²) in [6.45, 7) is 5.57. The highest BCUT2D eigenvalue weighted by Gasteiger charge is 2.24. The van der Waals surface area contributed by atoms with Crippen molar-refractivity contribution in [1.82, 2.24) is 9.97 Å². The van der Waals surface area contributed by atoms with Crippen molar-refractivity contribution in [3.05, 3.63) is 77.6 Å². The van der Waals surface area contributed by atoms with Gasteiger partial charge in [0.2, 0.25) is 5.95 Å². The van der Waals surface area contributed by atoms with Crippen LogP contribution in [0.15, 0.2) is 65.0 Å². The summed E-state index contributed by atoms with van der Waals surface area (Å²) in [7, 11) is 0. The largest absolute Gasteiger partial charge is 0.393 e. The molecule has 1 aromatic heterocycles. The van der Waals surface area contributed by atoms with E-state index in [9.17, 15) is 8.78 Å². The predicted octanol–water partition coefficient (Wildman–Crippen LogP) is 6.13. The molecule has 0 N–H and O–H groups in total. The summed E-state index contributed by atoms with van der Waals surface area (Å²) in [4.78, 5) is 21.3. The minimum atomic E-state index is -0.563. The third kappa shape index (κ3) is 5.27. The van der Waals surface area contributed by atoms with Gasteiger partial charge < -0.3 is 9.74 Å². The smallest absolute Gasteiger partial charge is 0.225 e. The van der Waals surface area contributed by atoms with Gasteiger partial charge in [-0.25, -0.2) is 18.7 Å². The molecule has 0 saturated carbocycles. The van der Waals surface area contributed by atoms with E-state index >= 15 is 0 Å². The molecule has 1 fully saturated rings. The second kappa shape index (κ2) is 10.5. The molecule has 0 aliphatic carbocycles. The molecule has 0 radical (unpaired) electrons. The van der Waals surface area contributed by atoms with Gasteiger partial charge in [-0.05, 0) is 49.9 Å².